The van der Waals surface area contributed by atoms with Crippen molar-refractivity contribution in [1.29, 1.82) is 0 Å². The third-order valence-corrected chi connectivity index (χ3v) is 5.65. The van der Waals surface area contributed by atoms with Crippen molar-refractivity contribution in [1.82, 2.24) is 5.32 Å². The van der Waals surface area contributed by atoms with Crippen molar-refractivity contribution in [2.24, 2.45) is 0 Å². The highest BCUT2D eigenvalue weighted by Gasteiger charge is 2.23. The molecule has 176 valence electrons. The number of aryl methyl sites for hydroxylation is 2. The summed E-state index contributed by atoms with van der Waals surface area (Å²) < 4.78 is 0. The molecule has 0 fully saturated rings. The maximum Gasteiger partial charge on any atom is 0.326 e. The Hall–Kier alpha value is -3.84. The number of phenols is 1. The van der Waals surface area contributed by atoms with Gasteiger partial charge in [-0.05, 0) is 60.4 Å². The van der Waals surface area contributed by atoms with E-state index in [1.165, 1.54) is 12.1 Å². The van der Waals surface area contributed by atoms with Crippen LogP contribution in [0.5, 0.6) is 5.75 Å². The molecular weight excluding hydrogens is 456 g/mol. The van der Waals surface area contributed by atoms with Crippen LogP contribution in [-0.4, -0.2) is 34.0 Å². The van der Waals surface area contributed by atoms with Gasteiger partial charge in [0.1, 0.15) is 11.8 Å². The molecule has 4 N–H and O–H groups in total. The number of aromatic hydroxyl groups is 1. The van der Waals surface area contributed by atoms with Crippen molar-refractivity contribution in [2.45, 2.75) is 32.7 Å². The molecule has 3 aromatic rings. The number of amides is 2. The number of rotatable bonds is 8. The molecule has 0 heterocycles. The highest BCUT2D eigenvalue weighted by molar-refractivity contribution is 6.34. The lowest BCUT2D eigenvalue weighted by Gasteiger charge is -2.17. The average Bonchev–Trinajstić information content (AvgIpc) is 2.75. The number of phenolic OH excluding ortho intramolecular Hbond substituents is 1. The molecular formula is C26H25ClN2O5. The minimum Gasteiger partial charge on any atom is -0.508 e. The SMILES string of the molecule is Cc1cc(CC(NC(=O)c2c(C)cccc2Cl)C(=O)O)ccc1NC(=O)Cc1cccc(O)c1. The van der Waals surface area contributed by atoms with Crippen molar-refractivity contribution in [3.05, 3.63) is 93.5 Å². The quantitative estimate of drug-likeness (QED) is 0.384. The number of carboxylic acid groups (broad SMARTS) is 1. The van der Waals surface area contributed by atoms with E-state index in [0.29, 0.717) is 22.4 Å². The van der Waals surface area contributed by atoms with E-state index in [0.717, 1.165) is 5.56 Å². The van der Waals surface area contributed by atoms with Crippen molar-refractivity contribution >= 4 is 35.1 Å². The van der Waals surface area contributed by atoms with Gasteiger partial charge in [0.25, 0.3) is 5.91 Å². The molecule has 34 heavy (non-hydrogen) atoms. The van der Waals surface area contributed by atoms with Crippen LogP contribution >= 0.6 is 11.6 Å². The van der Waals surface area contributed by atoms with Crippen LogP contribution in [0.25, 0.3) is 0 Å². The van der Waals surface area contributed by atoms with Gasteiger partial charge in [-0.1, -0.05) is 48.0 Å². The normalized spacial score (nSPS) is 11.5. The molecule has 0 spiro atoms. The molecule has 1 atom stereocenters. The van der Waals surface area contributed by atoms with Crippen LogP contribution in [0.3, 0.4) is 0 Å². The van der Waals surface area contributed by atoms with Gasteiger partial charge in [0.05, 0.1) is 17.0 Å². The van der Waals surface area contributed by atoms with Gasteiger partial charge in [0, 0.05) is 12.1 Å². The van der Waals surface area contributed by atoms with Crippen molar-refractivity contribution in [3.8, 4) is 5.75 Å². The molecule has 3 rings (SSSR count). The van der Waals surface area contributed by atoms with Crippen LogP contribution in [0.4, 0.5) is 5.69 Å². The molecule has 0 aromatic heterocycles. The summed E-state index contributed by atoms with van der Waals surface area (Å²) >= 11 is 6.13. The number of benzene rings is 3. The zero-order chi connectivity index (χ0) is 24.8. The number of carboxylic acids is 1. The van der Waals surface area contributed by atoms with Gasteiger partial charge >= 0.3 is 5.97 Å². The van der Waals surface area contributed by atoms with Gasteiger partial charge in [-0.2, -0.15) is 0 Å². The monoisotopic (exact) mass is 480 g/mol. The van der Waals surface area contributed by atoms with Gasteiger partial charge in [-0.3, -0.25) is 9.59 Å². The van der Waals surface area contributed by atoms with E-state index in [1.54, 1.807) is 62.4 Å². The van der Waals surface area contributed by atoms with Gasteiger partial charge in [-0.15, -0.1) is 0 Å². The Kier molecular flexibility index (Phi) is 7.91. The molecule has 0 aliphatic carbocycles. The summed E-state index contributed by atoms with van der Waals surface area (Å²) in [5, 5.41) is 24.8. The smallest absolute Gasteiger partial charge is 0.326 e. The van der Waals surface area contributed by atoms with Crippen LogP contribution in [0.15, 0.2) is 60.7 Å². The molecule has 0 aliphatic rings. The van der Waals surface area contributed by atoms with Gasteiger partial charge in [0.15, 0.2) is 0 Å². The van der Waals surface area contributed by atoms with E-state index in [-0.39, 0.29) is 35.1 Å². The second-order valence-corrected chi connectivity index (χ2v) is 8.45. The van der Waals surface area contributed by atoms with Crippen molar-refractivity contribution in [2.75, 3.05) is 5.32 Å². The van der Waals surface area contributed by atoms with E-state index < -0.39 is 17.9 Å². The lowest BCUT2D eigenvalue weighted by molar-refractivity contribution is -0.139. The Morgan fingerprint density at radius 3 is 2.32 bits per heavy atom. The minimum absolute atomic E-state index is 0.0585. The third-order valence-electron chi connectivity index (χ3n) is 5.33. The minimum atomic E-state index is -1.17. The fourth-order valence-corrected chi connectivity index (χ4v) is 3.93. The zero-order valence-corrected chi connectivity index (χ0v) is 19.5. The number of halogens is 1. The summed E-state index contributed by atoms with van der Waals surface area (Å²) in [6.45, 7) is 3.53. The number of hydrogen-bond donors (Lipinski definition) is 4. The topological polar surface area (TPSA) is 116 Å². The molecule has 3 aromatic carbocycles. The van der Waals surface area contributed by atoms with Gasteiger partial charge < -0.3 is 20.8 Å². The Balaban J connectivity index is 1.68. The van der Waals surface area contributed by atoms with E-state index in [9.17, 15) is 24.6 Å². The number of carbonyl (C=O) groups is 3. The number of anilines is 1. The van der Waals surface area contributed by atoms with E-state index in [4.69, 9.17) is 11.6 Å². The fourth-order valence-electron chi connectivity index (χ4n) is 3.62. The van der Waals surface area contributed by atoms with E-state index in [2.05, 4.69) is 10.6 Å². The molecule has 0 bridgehead atoms. The summed E-state index contributed by atoms with van der Waals surface area (Å²) in [6, 6.07) is 15.5. The van der Waals surface area contributed by atoms with Crippen LogP contribution in [0.1, 0.15) is 32.6 Å². The van der Waals surface area contributed by atoms with Crippen LogP contribution in [-0.2, 0) is 22.4 Å². The van der Waals surface area contributed by atoms with Crippen LogP contribution < -0.4 is 10.6 Å². The Bertz CT molecular complexity index is 1220. The second kappa shape index (κ2) is 10.9. The van der Waals surface area contributed by atoms with Crippen LogP contribution in [0, 0.1) is 13.8 Å². The zero-order valence-electron chi connectivity index (χ0n) is 18.8. The lowest BCUT2D eigenvalue weighted by Crippen LogP contribution is -2.42. The average molecular weight is 481 g/mol. The number of aliphatic carboxylic acids is 1. The molecule has 0 saturated heterocycles. The predicted molar refractivity (Wildman–Crippen MR) is 130 cm³/mol. The Morgan fingerprint density at radius 2 is 1.68 bits per heavy atom. The molecule has 0 saturated carbocycles. The third kappa shape index (κ3) is 6.36. The summed E-state index contributed by atoms with van der Waals surface area (Å²) in [7, 11) is 0. The standard InChI is InChI=1S/C26H25ClN2O5/c1-15-5-3-8-20(27)24(15)25(32)29-22(26(33)34)13-18-9-10-21(16(2)11-18)28-23(31)14-17-6-4-7-19(30)12-17/h3-12,22,30H,13-14H2,1-2H3,(H,28,31)(H,29,32)(H,33,34). The first-order valence-electron chi connectivity index (χ1n) is 10.6. The van der Waals surface area contributed by atoms with Gasteiger partial charge in [-0.25, -0.2) is 4.79 Å². The highest BCUT2D eigenvalue weighted by atomic mass is 35.5. The predicted octanol–water partition coefficient (Wildman–Crippen LogP) is 4.27. The molecule has 0 radical (unpaired) electrons. The second-order valence-electron chi connectivity index (χ2n) is 8.04. The molecule has 1 unspecified atom stereocenters. The highest BCUT2D eigenvalue weighted by Crippen LogP contribution is 2.21. The number of carbonyl (C=O) groups excluding carboxylic acids is 2. The Labute approximate surface area is 202 Å². The van der Waals surface area contributed by atoms with E-state index in [1.807, 2.05) is 0 Å². The fraction of sp³-hybridized carbons (Fsp3) is 0.192. The summed E-state index contributed by atoms with van der Waals surface area (Å²) in [4.78, 5) is 36.9. The van der Waals surface area contributed by atoms with Crippen molar-refractivity contribution in [3.63, 3.8) is 0 Å². The first-order valence-corrected chi connectivity index (χ1v) is 11.0. The maximum absolute atomic E-state index is 12.7. The summed E-state index contributed by atoms with van der Waals surface area (Å²) in [5.74, 6) is -1.87. The Morgan fingerprint density at radius 1 is 0.941 bits per heavy atom. The summed E-state index contributed by atoms with van der Waals surface area (Å²) in [5.41, 5.74) is 3.61. The van der Waals surface area contributed by atoms with Crippen molar-refractivity contribution < 1.29 is 24.6 Å². The van der Waals surface area contributed by atoms with Crippen LogP contribution in [0.2, 0.25) is 5.02 Å². The molecule has 8 heteroatoms. The van der Waals surface area contributed by atoms with Gasteiger partial charge in [0.2, 0.25) is 5.91 Å². The van der Waals surface area contributed by atoms with E-state index >= 15 is 0 Å². The first-order chi connectivity index (χ1) is 16.1. The molecule has 0 aliphatic heterocycles. The maximum atomic E-state index is 12.7. The molecule has 2 amide bonds. The summed E-state index contributed by atoms with van der Waals surface area (Å²) in [6.07, 6.45) is 0.160. The lowest BCUT2D eigenvalue weighted by atomic mass is 10.0. The largest absolute Gasteiger partial charge is 0.508 e. The number of hydrogen-bond acceptors (Lipinski definition) is 4. The first kappa shape index (κ1) is 24.8. The number of nitrogens with one attached hydrogen (secondary N) is 2. The molecule has 7 nitrogen and oxygen atoms in total.